The van der Waals surface area contributed by atoms with E-state index in [1.165, 1.54) is 12.1 Å². The highest BCUT2D eigenvalue weighted by atomic mass is 35.5. The van der Waals surface area contributed by atoms with Crippen LogP contribution < -0.4 is 10.1 Å². The van der Waals surface area contributed by atoms with Crippen molar-refractivity contribution in [1.29, 1.82) is 0 Å². The molecule has 2 nitrogen and oxygen atoms in total. The zero-order chi connectivity index (χ0) is 15.5. The molecule has 0 unspecified atom stereocenters. The van der Waals surface area contributed by atoms with Crippen molar-refractivity contribution in [2.75, 3.05) is 7.05 Å². The van der Waals surface area contributed by atoms with Gasteiger partial charge in [0.25, 0.3) is 0 Å². The van der Waals surface area contributed by atoms with E-state index in [0.717, 1.165) is 11.6 Å². The number of hydrogen-bond donors (Lipinski definition) is 1. The molecule has 0 fully saturated rings. The molecule has 0 aromatic heterocycles. The first-order valence-corrected chi connectivity index (χ1v) is 6.56. The summed E-state index contributed by atoms with van der Waals surface area (Å²) < 4.78 is 43.7. The Kier molecular flexibility index (Phi) is 4.75. The Hall–Kier alpha value is -1.72. The summed E-state index contributed by atoms with van der Waals surface area (Å²) in [6.45, 7) is 0.708. The van der Waals surface area contributed by atoms with E-state index >= 15 is 0 Å². The van der Waals surface area contributed by atoms with E-state index in [4.69, 9.17) is 16.3 Å². The third-order valence-electron chi connectivity index (χ3n) is 2.78. The van der Waals surface area contributed by atoms with Gasteiger partial charge in [0, 0.05) is 6.54 Å². The zero-order valence-electron chi connectivity index (χ0n) is 11.2. The lowest BCUT2D eigenvalue weighted by Crippen LogP contribution is -2.06. The molecule has 6 heteroatoms. The first-order valence-electron chi connectivity index (χ1n) is 6.18. The Bertz CT molecular complexity index is 611. The highest BCUT2D eigenvalue weighted by molar-refractivity contribution is 6.31. The normalized spacial score (nSPS) is 11.5. The molecule has 0 amide bonds. The number of rotatable bonds is 4. The second-order valence-electron chi connectivity index (χ2n) is 4.42. The SMILES string of the molecule is CNCc1ccc(Oc2ccc(Cl)c(C(F)(F)F)c2)cc1. The van der Waals surface area contributed by atoms with Crippen LogP contribution in [0.2, 0.25) is 5.02 Å². The Morgan fingerprint density at radius 1 is 1.05 bits per heavy atom. The molecule has 0 radical (unpaired) electrons. The van der Waals surface area contributed by atoms with E-state index < -0.39 is 11.7 Å². The van der Waals surface area contributed by atoms with Crippen LogP contribution in [0.5, 0.6) is 11.5 Å². The van der Waals surface area contributed by atoms with Crippen molar-refractivity contribution in [3.63, 3.8) is 0 Å². The van der Waals surface area contributed by atoms with Gasteiger partial charge in [0.2, 0.25) is 0 Å². The van der Waals surface area contributed by atoms with E-state index in [2.05, 4.69) is 5.32 Å². The van der Waals surface area contributed by atoms with E-state index in [9.17, 15) is 13.2 Å². The smallest absolute Gasteiger partial charge is 0.417 e. The Morgan fingerprint density at radius 3 is 2.24 bits per heavy atom. The van der Waals surface area contributed by atoms with Gasteiger partial charge < -0.3 is 10.1 Å². The summed E-state index contributed by atoms with van der Waals surface area (Å²) >= 11 is 5.56. The second kappa shape index (κ2) is 6.37. The lowest BCUT2D eigenvalue weighted by molar-refractivity contribution is -0.137. The van der Waals surface area contributed by atoms with Gasteiger partial charge in [-0.3, -0.25) is 0 Å². The molecule has 0 spiro atoms. The molecule has 21 heavy (non-hydrogen) atoms. The molecule has 1 N–H and O–H groups in total. The highest BCUT2D eigenvalue weighted by Crippen LogP contribution is 2.37. The van der Waals surface area contributed by atoms with Crippen LogP contribution in [0, 0.1) is 0 Å². The molecule has 0 aliphatic rings. The van der Waals surface area contributed by atoms with Crippen LogP contribution in [0.4, 0.5) is 13.2 Å². The maximum absolute atomic E-state index is 12.8. The molecule has 0 bridgehead atoms. The number of alkyl halides is 3. The van der Waals surface area contributed by atoms with Gasteiger partial charge in [-0.05, 0) is 42.9 Å². The van der Waals surface area contributed by atoms with Gasteiger partial charge in [0.15, 0.2) is 0 Å². The molecule has 2 aromatic carbocycles. The van der Waals surface area contributed by atoms with Gasteiger partial charge in [-0.1, -0.05) is 23.7 Å². The standard InChI is InChI=1S/C15H13ClF3NO/c1-20-9-10-2-4-11(5-3-10)21-12-6-7-14(16)13(8-12)15(17,18)19/h2-8,20H,9H2,1H3. The molecule has 0 heterocycles. The van der Waals surface area contributed by atoms with Crippen LogP contribution in [-0.4, -0.2) is 7.05 Å². The van der Waals surface area contributed by atoms with Crippen LogP contribution in [0.3, 0.4) is 0 Å². The first kappa shape index (κ1) is 15.7. The summed E-state index contributed by atoms with van der Waals surface area (Å²) in [5.41, 5.74) is 0.144. The molecule has 0 atom stereocenters. The van der Waals surface area contributed by atoms with Gasteiger partial charge in [-0.2, -0.15) is 13.2 Å². The minimum absolute atomic E-state index is 0.0908. The lowest BCUT2D eigenvalue weighted by Gasteiger charge is -2.12. The number of hydrogen-bond acceptors (Lipinski definition) is 2. The highest BCUT2D eigenvalue weighted by Gasteiger charge is 2.33. The number of nitrogens with one attached hydrogen (secondary N) is 1. The summed E-state index contributed by atoms with van der Waals surface area (Å²) in [6.07, 6.45) is -4.51. The van der Waals surface area contributed by atoms with Gasteiger partial charge in [0.1, 0.15) is 11.5 Å². The van der Waals surface area contributed by atoms with Gasteiger partial charge in [-0.15, -0.1) is 0 Å². The summed E-state index contributed by atoms with van der Waals surface area (Å²) in [4.78, 5) is 0. The van der Waals surface area contributed by atoms with Crippen molar-refractivity contribution < 1.29 is 17.9 Å². The summed E-state index contributed by atoms with van der Waals surface area (Å²) in [7, 11) is 1.83. The first-order chi connectivity index (χ1) is 9.90. The lowest BCUT2D eigenvalue weighted by atomic mass is 10.2. The summed E-state index contributed by atoms with van der Waals surface area (Å²) in [6, 6.07) is 10.6. The van der Waals surface area contributed by atoms with E-state index in [1.807, 2.05) is 19.2 Å². The van der Waals surface area contributed by atoms with Crippen molar-refractivity contribution in [3.8, 4) is 11.5 Å². The van der Waals surface area contributed by atoms with E-state index in [0.29, 0.717) is 12.3 Å². The maximum Gasteiger partial charge on any atom is 0.417 e. The molecule has 2 rings (SSSR count). The third kappa shape index (κ3) is 4.12. The summed E-state index contributed by atoms with van der Waals surface area (Å²) in [5, 5.41) is 2.66. The van der Waals surface area contributed by atoms with Crippen molar-refractivity contribution in [1.82, 2.24) is 5.32 Å². The van der Waals surface area contributed by atoms with Gasteiger partial charge in [0.05, 0.1) is 10.6 Å². The second-order valence-corrected chi connectivity index (χ2v) is 4.82. The Balaban J connectivity index is 2.20. The van der Waals surface area contributed by atoms with Crippen LogP contribution in [0.1, 0.15) is 11.1 Å². The predicted molar refractivity (Wildman–Crippen MR) is 75.7 cm³/mol. The van der Waals surface area contributed by atoms with Crippen LogP contribution in [0.15, 0.2) is 42.5 Å². The van der Waals surface area contributed by atoms with Crippen molar-refractivity contribution in [3.05, 3.63) is 58.6 Å². The molecular weight excluding hydrogens is 303 g/mol. The average molecular weight is 316 g/mol. The van der Waals surface area contributed by atoms with E-state index in [1.54, 1.807) is 12.1 Å². The largest absolute Gasteiger partial charge is 0.457 e. The topological polar surface area (TPSA) is 21.3 Å². The van der Waals surface area contributed by atoms with Gasteiger partial charge in [-0.25, -0.2) is 0 Å². The van der Waals surface area contributed by atoms with Crippen LogP contribution in [-0.2, 0) is 12.7 Å². The molecule has 0 aliphatic heterocycles. The fraction of sp³-hybridized carbons (Fsp3) is 0.200. The minimum Gasteiger partial charge on any atom is -0.457 e. The monoisotopic (exact) mass is 315 g/mol. The maximum atomic E-state index is 12.8. The molecule has 112 valence electrons. The van der Waals surface area contributed by atoms with Gasteiger partial charge >= 0.3 is 6.18 Å². The molecule has 0 aliphatic carbocycles. The van der Waals surface area contributed by atoms with Crippen molar-refractivity contribution >= 4 is 11.6 Å². The molecule has 0 saturated heterocycles. The fourth-order valence-corrected chi connectivity index (χ4v) is 2.03. The summed E-state index contributed by atoms with van der Waals surface area (Å²) in [5.74, 6) is 0.554. The molecule has 0 saturated carbocycles. The number of benzene rings is 2. The minimum atomic E-state index is -4.51. The van der Waals surface area contributed by atoms with Crippen molar-refractivity contribution in [2.45, 2.75) is 12.7 Å². The average Bonchev–Trinajstić information content (AvgIpc) is 2.42. The molecular formula is C15H13ClF3NO. The Morgan fingerprint density at radius 2 is 1.67 bits per heavy atom. The van der Waals surface area contributed by atoms with Crippen LogP contribution in [0.25, 0.3) is 0 Å². The van der Waals surface area contributed by atoms with Crippen LogP contribution >= 0.6 is 11.6 Å². The van der Waals surface area contributed by atoms with E-state index in [-0.39, 0.29) is 10.8 Å². The van der Waals surface area contributed by atoms with Crippen molar-refractivity contribution in [2.24, 2.45) is 0 Å². The number of halogens is 4. The molecule has 2 aromatic rings. The quantitative estimate of drug-likeness (QED) is 0.869. The third-order valence-corrected chi connectivity index (χ3v) is 3.11. The Labute approximate surface area is 125 Å². The zero-order valence-corrected chi connectivity index (χ0v) is 11.9. The number of ether oxygens (including phenoxy) is 1. The predicted octanol–water partition coefficient (Wildman–Crippen LogP) is 4.87. The fourth-order valence-electron chi connectivity index (χ4n) is 1.80.